The van der Waals surface area contributed by atoms with E-state index in [2.05, 4.69) is 15.0 Å². The van der Waals surface area contributed by atoms with Gasteiger partial charge in [0.1, 0.15) is 0 Å². The minimum atomic E-state index is -3.19. The Hall–Kier alpha value is -0.660. The van der Waals surface area contributed by atoms with Crippen LogP contribution in [0.3, 0.4) is 0 Å². The van der Waals surface area contributed by atoms with E-state index in [1.807, 2.05) is 0 Å². The maximum absolute atomic E-state index is 11.8. The Morgan fingerprint density at radius 1 is 1.47 bits per heavy atom. The minimum Gasteiger partial charge on any atom is -0.311 e. The summed E-state index contributed by atoms with van der Waals surface area (Å²) in [5.41, 5.74) is 1.04. The van der Waals surface area contributed by atoms with Crippen molar-refractivity contribution in [1.29, 1.82) is 0 Å². The highest BCUT2D eigenvalue weighted by Crippen LogP contribution is 2.31. The summed E-state index contributed by atoms with van der Waals surface area (Å²) in [5, 5.41) is 3.78. The Kier molecular flexibility index (Phi) is 2.84. The molecule has 2 N–H and O–H groups in total. The van der Waals surface area contributed by atoms with Crippen molar-refractivity contribution < 1.29 is 8.42 Å². The van der Waals surface area contributed by atoms with Crippen LogP contribution in [0, 0.1) is 5.92 Å². The fourth-order valence-corrected chi connectivity index (χ4v) is 4.66. The van der Waals surface area contributed by atoms with Crippen molar-refractivity contribution in [3.8, 4) is 0 Å². The number of thiazole rings is 1. The number of nitrogens with zero attached hydrogens (tertiary/aromatic N) is 1. The predicted octanol–water partition coefficient (Wildman–Crippen LogP) is 0.941. The summed E-state index contributed by atoms with van der Waals surface area (Å²) in [4.78, 5) is 5.51. The maximum Gasteiger partial charge on any atom is 0.234 e. The minimum absolute atomic E-state index is 0.246. The lowest BCUT2D eigenvalue weighted by Crippen LogP contribution is -2.22. The van der Waals surface area contributed by atoms with Crippen LogP contribution < -0.4 is 10.0 Å². The fourth-order valence-electron chi connectivity index (χ4n) is 1.94. The summed E-state index contributed by atoms with van der Waals surface area (Å²) in [6, 6.07) is 0. The van der Waals surface area contributed by atoms with Gasteiger partial charge < -0.3 is 5.32 Å². The first-order valence-electron chi connectivity index (χ1n) is 5.82. The third-order valence-corrected chi connectivity index (χ3v) is 5.55. The molecule has 2 aliphatic rings. The molecule has 94 valence electrons. The Bertz CT molecular complexity index is 496. The summed E-state index contributed by atoms with van der Waals surface area (Å²) in [5.74, 6) is 0.610. The van der Waals surface area contributed by atoms with Gasteiger partial charge in [0.25, 0.3) is 0 Å². The number of sulfonamides is 1. The van der Waals surface area contributed by atoms with Gasteiger partial charge in [-0.1, -0.05) is 11.3 Å². The SMILES string of the molecule is O=S(=O)(CC1CC1)Nc1nc2c(s1)CNCC2. The Balaban J connectivity index is 1.73. The fraction of sp³-hybridized carbons (Fsp3) is 0.700. The van der Waals surface area contributed by atoms with Gasteiger partial charge in [0.15, 0.2) is 5.13 Å². The van der Waals surface area contributed by atoms with Crippen LogP contribution in [0.5, 0.6) is 0 Å². The van der Waals surface area contributed by atoms with E-state index in [1.54, 1.807) is 0 Å². The number of aromatic nitrogens is 1. The summed E-state index contributed by atoms with van der Waals surface area (Å²) in [7, 11) is -3.19. The summed E-state index contributed by atoms with van der Waals surface area (Å²) in [6.45, 7) is 1.72. The van der Waals surface area contributed by atoms with E-state index >= 15 is 0 Å². The highest BCUT2D eigenvalue weighted by molar-refractivity contribution is 7.92. The number of anilines is 1. The molecule has 0 bridgehead atoms. The molecule has 2 heterocycles. The van der Waals surface area contributed by atoms with Crippen LogP contribution in [0.25, 0.3) is 0 Å². The van der Waals surface area contributed by atoms with Crippen molar-refractivity contribution in [2.45, 2.75) is 25.8 Å². The highest BCUT2D eigenvalue weighted by Gasteiger charge is 2.28. The molecule has 0 unspecified atom stereocenters. The van der Waals surface area contributed by atoms with E-state index in [-0.39, 0.29) is 5.75 Å². The zero-order valence-corrected chi connectivity index (χ0v) is 11.0. The monoisotopic (exact) mass is 273 g/mol. The molecule has 1 aromatic heterocycles. The first-order valence-corrected chi connectivity index (χ1v) is 8.29. The van der Waals surface area contributed by atoms with Crippen LogP contribution in [-0.4, -0.2) is 25.7 Å². The van der Waals surface area contributed by atoms with E-state index in [1.165, 1.54) is 11.3 Å². The molecule has 7 heteroatoms. The lowest BCUT2D eigenvalue weighted by molar-refractivity contribution is 0.597. The number of nitrogens with one attached hydrogen (secondary N) is 2. The van der Waals surface area contributed by atoms with E-state index in [0.29, 0.717) is 11.0 Å². The largest absolute Gasteiger partial charge is 0.311 e. The van der Waals surface area contributed by atoms with Gasteiger partial charge in [-0.15, -0.1) is 0 Å². The van der Waals surface area contributed by atoms with Crippen molar-refractivity contribution in [2.75, 3.05) is 17.0 Å². The summed E-state index contributed by atoms with van der Waals surface area (Å²) in [6.07, 6.45) is 2.97. The molecule has 1 aliphatic carbocycles. The second-order valence-electron chi connectivity index (χ2n) is 4.64. The molecular formula is C10H15N3O2S2. The van der Waals surface area contributed by atoms with Crippen molar-refractivity contribution in [1.82, 2.24) is 10.3 Å². The van der Waals surface area contributed by atoms with E-state index in [4.69, 9.17) is 0 Å². The first-order chi connectivity index (χ1) is 8.12. The van der Waals surface area contributed by atoms with Crippen LogP contribution in [0.4, 0.5) is 5.13 Å². The molecule has 1 aromatic rings. The molecule has 0 saturated heterocycles. The molecule has 0 aromatic carbocycles. The van der Waals surface area contributed by atoms with E-state index < -0.39 is 10.0 Å². The highest BCUT2D eigenvalue weighted by atomic mass is 32.2. The number of fused-ring (bicyclic) bond motifs is 1. The average Bonchev–Trinajstić information content (AvgIpc) is 2.95. The molecule has 1 saturated carbocycles. The van der Waals surface area contributed by atoms with Gasteiger partial charge in [0, 0.05) is 24.4 Å². The van der Waals surface area contributed by atoms with Gasteiger partial charge in [-0.05, 0) is 18.8 Å². The molecule has 0 atom stereocenters. The third-order valence-electron chi connectivity index (χ3n) is 3.00. The van der Waals surface area contributed by atoms with Crippen molar-refractivity contribution >= 4 is 26.5 Å². The summed E-state index contributed by atoms with van der Waals surface area (Å²) >= 11 is 1.45. The van der Waals surface area contributed by atoms with Crippen molar-refractivity contribution in [3.63, 3.8) is 0 Å². The van der Waals surface area contributed by atoms with Crippen molar-refractivity contribution in [3.05, 3.63) is 10.6 Å². The predicted molar refractivity (Wildman–Crippen MR) is 67.7 cm³/mol. The molecule has 5 nitrogen and oxygen atoms in total. The Morgan fingerprint density at radius 3 is 3.00 bits per heavy atom. The molecule has 17 heavy (non-hydrogen) atoms. The van der Waals surface area contributed by atoms with Crippen LogP contribution >= 0.6 is 11.3 Å². The second-order valence-corrected chi connectivity index (χ2v) is 7.49. The smallest absolute Gasteiger partial charge is 0.234 e. The number of rotatable bonds is 4. The quantitative estimate of drug-likeness (QED) is 0.856. The van der Waals surface area contributed by atoms with Gasteiger partial charge in [-0.3, -0.25) is 4.72 Å². The van der Waals surface area contributed by atoms with Crippen LogP contribution in [0.1, 0.15) is 23.4 Å². The maximum atomic E-state index is 11.8. The molecule has 0 spiro atoms. The average molecular weight is 273 g/mol. The topological polar surface area (TPSA) is 71.1 Å². The number of hydrogen-bond donors (Lipinski definition) is 2. The summed E-state index contributed by atoms with van der Waals surface area (Å²) < 4.78 is 26.2. The van der Waals surface area contributed by atoms with Gasteiger partial charge in [-0.25, -0.2) is 13.4 Å². The van der Waals surface area contributed by atoms with Crippen LogP contribution in [0.2, 0.25) is 0 Å². The molecular weight excluding hydrogens is 258 g/mol. The first kappa shape index (κ1) is 11.4. The Labute approximate surface area is 105 Å². The van der Waals surface area contributed by atoms with Gasteiger partial charge in [0.05, 0.1) is 11.4 Å². The van der Waals surface area contributed by atoms with Crippen LogP contribution in [-0.2, 0) is 23.0 Å². The lowest BCUT2D eigenvalue weighted by atomic mass is 10.2. The third kappa shape index (κ3) is 2.78. The van der Waals surface area contributed by atoms with E-state index in [0.717, 1.165) is 42.9 Å². The normalized spacial score (nSPS) is 20.0. The molecule has 1 fully saturated rings. The molecule has 0 amide bonds. The second kappa shape index (κ2) is 4.22. The standard InChI is InChI=1S/C10H15N3O2S2/c14-17(15,6-7-1-2-7)13-10-12-8-3-4-11-5-9(8)16-10/h7,11H,1-6H2,(H,12,13). The van der Waals surface area contributed by atoms with Gasteiger partial charge >= 0.3 is 0 Å². The lowest BCUT2D eigenvalue weighted by Gasteiger charge is -2.09. The van der Waals surface area contributed by atoms with Crippen molar-refractivity contribution in [2.24, 2.45) is 5.92 Å². The van der Waals surface area contributed by atoms with Crippen LogP contribution in [0.15, 0.2) is 0 Å². The van der Waals surface area contributed by atoms with Gasteiger partial charge in [0.2, 0.25) is 10.0 Å². The van der Waals surface area contributed by atoms with E-state index in [9.17, 15) is 8.42 Å². The number of hydrogen-bond acceptors (Lipinski definition) is 5. The molecule has 3 rings (SSSR count). The zero-order chi connectivity index (χ0) is 11.9. The van der Waals surface area contributed by atoms with Gasteiger partial charge in [-0.2, -0.15) is 0 Å². The Morgan fingerprint density at radius 2 is 2.29 bits per heavy atom. The zero-order valence-electron chi connectivity index (χ0n) is 9.40. The molecule has 1 aliphatic heterocycles. The molecule has 0 radical (unpaired) electrons.